The predicted molar refractivity (Wildman–Crippen MR) is 256 cm³/mol. The molecule has 0 aromatic carbocycles. The van der Waals surface area contributed by atoms with E-state index in [9.17, 15) is 102 Å². The molecule has 24 N–H and O–H groups in total. The highest BCUT2D eigenvalue weighted by atomic mass is 16.8. The Balaban J connectivity index is 1.09. The molecular weight excluding hydrogens is 1140 g/mol. The van der Waals surface area contributed by atoms with Gasteiger partial charge in [-0.3, -0.25) is 0 Å². The maximum absolute atomic E-state index is 11.7. The topological polar surface area (TPSA) is 584 Å². The number of aliphatic hydroxyl groups is 20. The number of rotatable bonds is 13. The van der Waals surface area contributed by atoms with Gasteiger partial charge >= 0.3 is 0 Å². The van der Waals surface area contributed by atoms with Crippen molar-refractivity contribution in [3.05, 3.63) is 0 Å². The van der Waals surface area contributed by atoms with E-state index in [1.54, 1.807) is 0 Å². The molecule has 0 saturated carbocycles. The summed E-state index contributed by atoms with van der Waals surface area (Å²) in [6, 6.07) is 0. The Morgan fingerprint density at radius 2 is 0.410 bits per heavy atom. The number of nitrogens with one attached hydrogen (secondary N) is 2. The molecule has 37 heteroatoms. The van der Waals surface area contributed by atoms with Gasteiger partial charge in [0, 0.05) is 32.7 Å². The van der Waals surface area contributed by atoms with Crippen molar-refractivity contribution in [2.24, 2.45) is 5.73 Å². The van der Waals surface area contributed by atoms with Gasteiger partial charge in [0.1, 0.15) is 171 Å². The lowest BCUT2D eigenvalue weighted by molar-refractivity contribution is -0.396. The average molecular weight is 1220 g/mol. The zero-order valence-corrected chi connectivity index (χ0v) is 44.2. The van der Waals surface area contributed by atoms with Crippen molar-refractivity contribution in [2.45, 2.75) is 215 Å². The van der Waals surface area contributed by atoms with Gasteiger partial charge in [-0.25, -0.2) is 0 Å². The van der Waals surface area contributed by atoms with Crippen molar-refractivity contribution in [1.29, 1.82) is 0 Å². The van der Waals surface area contributed by atoms with Crippen LogP contribution < -0.4 is 16.4 Å². The molecule has 21 fully saturated rings. The fourth-order valence-corrected chi connectivity index (χ4v) is 11.1. The van der Waals surface area contributed by atoms with Crippen LogP contribution in [0.3, 0.4) is 0 Å². The summed E-state index contributed by atoms with van der Waals surface area (Å²) in [4.78, 5) is 0. The number of aliphatic hydroxyl groups excluding tert-OH is 20. The highest BCUT2D eigenvalue weighted by Gasteiger charge is 2.59. The summed E-state index contributed by atoms with van der Waals surface area (Å²) in [5.41, 5.74) is 5.56. The van der Waals surface area contributed by atoms with Crippen molar-refractivity contribution in [3.63, 3.8) is 0 Å². The third kappa shape index (κ3) is 14.3. The van der Waals surface area contributed by atoms with Crippen LogP contribution >= 0.6 is 0 Å². The fourth-order valence-electron chi connectivity index (χ4n) is 11.1. The zero-order valence-electron chi connectivity index (χ0n) is 44.2. The van der Waals surface area contributed by atoms with Crippen LogP contribution in [0.2, 0.25) is 0 Å². The SMILES string of the molecule is NCCNCCNCC1OC2OC3C(CO)OC(OC4C(CO)OC(OC5C(CO)OC(OC6C(CO)OC(OC7C(CO)OC(OC8C(CO)OC(OC1C(O)C2O)C(O)C8O)C(O)C7O)C(O)C6O)C(O)C5O)C(O)C4O)C(O)C3O. The quantitative estimate of drug-likeness (QED) is 0.0762. The second-order valence-electron chi connectivity index (χ2n) is 21.2. The molecule has 14 bridgehead atoms. The second kappa shape index (κ2) is 29.9. The lowest BCUT2D eigenvalue weighted by Crippen LogP contribution is -2.68. The van der Waals surface area contributed by atoms with Crippen molar-refractivity contribution >= 4 is 0 Å². The molecule has 0 radical (unpaired) electrons. The Kier molecular flexibility index (Phi) is 24.3. The van der Waals surface area contributed by atoms with Gasteiger partial charge in [-0.05, 0) is 0 Å². The largest absolute Gasteiger partial charge is 0.394 e. The summed E-state index contributed by atoms with van der Waals surface area (Å²) >= 11 is 0. The Bertz CT molecular complexity index is 1940. The van der Waals surface area contributed by atoms with Gasteiger partial charge < -0.3 is 185 Å². The van der Waals surface area contributed by atoms with Crippen LogP contribution in [0.4, 0.5) is 0 Å². The van der Waals surface area contributed by atoms with Crippen molar-refractivity contribution < 1.29 is 168 Å². The maximum Gasteiger partial charge on any atom is 0.187 e. The lowest BCUT2D eigenvalue weighted by atomic mass is 9.95. The zero-order chi connectivity index (χ0) is 60.3. The minimum Gasteiger partial charge on any atom is -0.394 e. The van der Waals surface area contributed by atoms with Crippen LogP contribution in [0.1, 0.15) is 0 Å². The number of hydrogen-bond donors (Lipinski definition) is 23. The standard InChI is InChI=1S/C46H81N3O34/c47-1-2-48-3-4-49-5-12-33-19(56)26(63)40(70-12)78-34-13(6-50)72-42(28(65)21(34)58)80-36-15(8-52)74-44(30(67)23(36)60)82-38-17(10-54)76-46(32(69)25(38)62)83-39-18(11-55)75-45(31(68)24(39)61)81-37-16(9-53)73-43(29(66)22(37)59)79-35-14(7-51)71-41(77-33)27(64)20(35)57/h12-46,48-69H,1-11,47H2. The van der Waals surface area contributed by atoms with Crippen LogP contribution in [-0.4, -0.2) is 389 Å². The van der Waals surface area contributed by atoms with Gasteiger partial charge in [-0.15, -0.1) is 0 Å². The molecular formula is C46H81N3O34. The molecule has 21 heterocycles. The van der Waals surface area contributed by atoms with E-state index >= 15 is 0 Å². The summed E-state index contributed by atoms with van der Waals surface area (Å²) in [5.74, 6) is 0. The predicted octanol–water partition coefficient (Wildman–Crippen LogP) is -16.1. The molecule has 0 spiro atoms. The molecule has 0 amide bonds. The van der Waals surface area contributed by atoms with E-state index in [0.29, 0.717) is 19.6 Å². The molecule has 35 unspecified atom stereocenters. The van der Waals surface area contributed by atoms with Gasteiger partial charge in [0.05, 0.1) is 39.6 Å². The Morgan fingerprint density at radius 3 is 0.602 bits per heavy atom. The van der Waals surface area contributed by atoms with Gasteiger partial charge in [0.15, 0.2) is 44.0 Å². The van der Waals surface area contributed by atoms with E-state index in [0.717, 1.165) is 0 Å². The van der Waals surface area contributed by atoms with Crippen LogP contribution in [0.15, 0.2) is 0 Å². The summed E-state index contributed by atoms with van der Waals surface area (Å²) in [6.07, 6.45) is -69.2. The van der Waals surface area contributed by atoms with Gasteiger partial charge in [-0.2, -0.15) is 0 Å². The molecule has 21 saturated heterocycles. The van der Waals surface area contributed by atoms with Crippen LogP contribution in [0.25, 0.3) is 0 Å². The third-order valence-electron chi connectivity index (χ3n) is 15.7. The van der Waals surface area contributed by atoms with Crippen molar-refractivity contribution in [3.8, 4) is 0 Å². The molecule has 21 aliphatic rings. The Morgan fingerprint density at radius 1 is 0.229 bits per heavy atom. The van der Waals surface area contributed by atoms with E-state index in [4.69, 9.17) is 72.0 Å². The molecule has 21 rings (SSSR count). The summed E-state index contributed by atoms with van der Waals surface area (Å²) in [7, 11) is 0. The van der Waals surface area contributed by atoms with E-state index < -0.39 is 255 Å². The van der Waals surface area contributed by atoms with Gasteiger partial charge in [-0.1, -0.05) is 0 Å². The Hall–Kier alpha value is -1.48. The highest BCUT2D eigenvalue weighted by Crippen LogP contribution is 2.39. The highest BCUT2D eigenvalue weighted by molar-refractivity contribution is 5.02. The molecule has 0 aromatic rings. The van der Waals surface area contributed by atoms with E-state index in [-0.39, 0.29) is 13.1 Å². The van der Waals surface area contributed by atoms with Crippen molar-refractivity contribution in [2.75, 3.05) is 72.4 Å². The van der Waals surface area contributed by atoms with E-state index in [1.165, 1.54) is 0 Å². The minimum absolute atomic E-state index is 0.224. The molecule has 21 aliphatic heterocycles. The smallest absolute Gasteiger partial charge is 0.187 e. The first-order chi connectivity index (χ1) is 39.7. The second-order valence-corrected chi connectivity index (χ2v) is 21.2. The minimum atomic E-state index is -2.21. The van der Waals surface area contributed by atoms with Crippen LogP contribution in [0.5, 0.6) is 0 Å². The number of ether oxygens (including phenoxy) is 14. The first-order valence-electron chi connectivity index (χ1n) is 27.1. The van der Waals surface area contributed by atoms with E-state index in [2.05, 4.69) is 10.6 Å². The first-order valence-corrected chi connectivity index (χ1v) is 27.1. The maximum atomic E-state index is 11.7. The first kappa shape index (κ1) is 67.5. The van der Waals surface area contributed by atoms with Gasteiger partial charge in [0.2, 0.25) is 0 Å². The monoisotopic (exact) mass is 1220 g/mol. The fraction of sp³-hybridized carbons (Fsp3) is 1.00. The third-order valence-corrected chi connectivity index (χ3v) is 15.7. The average Bonchev–Trinajstić information content (AvgIpc) is 3.52. The molecule has 35 atom stereocenters. The number of nitrogens with two attached hydrogens (primary N) is 1. The Labute approximate surface area is 471 Å². The normalized spacial score (nSPS) is 52.2. The molecule has 37 nitrogen and oxygen atoms in total. The van der Waals surface area contributed by atoms with Crippen molar-refractivity contribution in [1.82, 2.24) is 10.6 Å². The van der Waals surface area contributed by atoms with Crippen LogP contribution in [0, 0.1) is 0 Å². The lowest BCUT2D eigenvalue weighted by Gasteiger charge is -2.50. The summed E-state index contributed by atoms with van der Waals surface area (Å²) in [5, 5.41) is 229. The molecule has 484 valence electrons. The molecule has 0 aliphatic carbocycles. The van der Waals surface area contributed by atoms with Crippen LogP contribution in [-0.2, 0) is 66.3 Å². The summed E-state index contributed by atoms with van der Waals surface area (Å²) in [6.45, 7) is -5.14. The number of hydrogen-bond acceptors (Lipinski definition) is 37. The van der Waals surface area contributed by atoms with Gasteiger partial charge in [0.25, 0.3) is 0 Å². The van der Waals surface area contributed by atoms with E-state index in [1.807, 2.05) is 0 Å². The summed E-state index contributed by atoms with van der Waals surface area (Å²) < 4.78 is 81.1. The molecule has 83 heavy (non-hydrogen) atoms. The molecule has 0 aromatic heterocycles.